The van der Waals surface area contributed by atoms with Crippen LogP contribution in [0.25, 0.3) is 0 Å². The third-order valence-electron chi connectivity index (χ3n) is 6.04. The molecule has 4 aliphatic carbocycles. The standard InChI is InChI=1S/C17H25N3S/c1-11-2-3-19-16(20-11)21-10-15(18)17-7-12-4-13(8-17)6-14(5-12)9-17/h2-3,12-15H,4-10,18H2,1H3. The first-order valence-corrected chi connectivity index (χ1v) is 9.29. The Balaban J connectivity index is 1.44. The SMILES string of the molecule is Cc1ccnc(SCC(N)C23CC4CC(CC(C4)C2)C3)n1. The highest BCUT2D eigenvalue weighted by molar-refractivity contribution is 7.99. The molecule has 114 valence electrons. The second-order valence-electron chi connectivity index (χ2n) is 7.68. The summed E-state index contributed by atoms with van der Waals surface area (Å²) in [5.41, 5.74) is 8.16. The van der Waals surface area contributed by atoms with Gasteiger partial charge in [-0.25, -0.2) is 9.97 Å². The van der Waals surface area contributed by atoms with Crippen molar-refractivity contribution in [1.29, 1.82) is 0 Å². The maximum Gasteiger partial charge on any atom is 0.187 e. The van der Waals surface area contributed by atoms with Crippen LogP contribution in [-0.2, 0) is 0 Å². The number of thioether (sulfide) groups is 1. The molecule has 0 amide bonds. The van der Waals surface area contributed by atoms with Crippen molar-refractivity contribution in [2.24, 2.45) is 28.9 Å². The van der Waals surface area contributed by atoms with Gasteiger partial charge < -0.3 is 5.73 Å². The number of aromatic nitrogens is 2. The van der Waals surface area contributed by atoms with Crippen molar-refractivity contribution in [3.63, 3.8) is 0 Å². The predicted molar refractivity (Wildman–Crippen MR) is 86.1 cm³/mol. The molecule has 0 aliphatic heterocycles. The Hall–Kier alpha value is -0.610. The van der Waals surface area contributed by atoms with Gasteiger partial charge in [0.15, 0.2) is 5.16 Å². The molecule has 4 aliphatic rings. The van der Waals surface area contributed by atoms with E-state index in [2.05, 4.69) is 9.97 Å². The second-order valence-corrected chi connectivity index (χ2v) is 8.67. The lowest BCUT2D eigenvalue weighted by molar-refractivity contribution is -0.0629. The zero-order chi connectivity index (χ0) is 14.4. The Kier molecular flexibility index (Phi) is 3.49. The average molecular weight is 303 g/mol. The van der Waals surface area contributed by atoms with Crippen molar-refractivity contribution in [2.45, 2.75) is 56.6 Å². The molecule has 4 heteroatoms. The largest absolute Gasteiger partial charge is 0.326 e. The number of hydrogen-bond donors (Lipinski definition) is 1. The summed E-state index contributed by atoms with van der Waals surface area (Å²) in [4.78, 5) is 8.84. The Morgan fingerprint density at radius 1 is 1.24 bits per heavy atom. The molecule has 1 aromatic heterocycles. The highest BCUT2D eigenvalue weighted by Crippen LogP contribution is 2.61. The maximum absolute atomic E-state index is 6.68. The summed E-state index contributed by atoms with van der Waals surface area (Å²) in [6.45, 7) is 2.02. The first-order chi connectivity index (χ1) is 10.1. The third-order valence-corrected chi connectivity index (χ3v) is 7.02. The molecular formula is C17H25N3S. The van der Waals surface area contributed by atoms with Crippen LogP contribution in [0.1, 0.15) is 44.2 Å². The molecule has 21 heavy (non-hydrogen) atoms. The van der Waals surface area contributed by atoms with Crippen molar-refractivity contribution in [3.05, 3.63) is 18.0 Å². The van der Waals surface area contributed by atoms with E-state index in [1.807, 2.05) is 19.2 Å². The fraction of sp³-hybridized carbons (Fsp3) is 0.765. The van der Waals surface area contributed by atoms with Crippen LogP contribution in [-0.4, -0.2) is 21.8 Å². The van der Waals surface area contributed by atoms with Crippen molar-refractivity contribution in [3.8, 4) is 0 Å². The van der Waals surface area contributed by atoms with Gasteiger partial charge >= 0.3 is 0 Å². The smallest absolute Gasteiger partial charge is 0.187 e. The van der Waals surface area contributed by atoms with Gasteiger partial charge in [0.25, 0.3) is 0 Å². The molecule has 1 atom stereocenters. The highest BCUT2D eigenvalue weighted by Gasteiger charge is 2.53. The lowest BCUT2D eigenvalue weighted by Crippen LogP contribution is -2.55. The summed E-state index contributed by atoms with van der Waals surface area (Å²) < 4.78 is 0. The van der Waals surface area contributed by atoms with Crippen LogP contribution in [0.2, 0.25) is 0 Å². The maximum atomic E-state index is 6.68. The van der Waals surface area contributed by atoms with Gasteiger partial charge in [-0.2, -0.15) is 0 Å². The van der Waals surface area contributed by atoms with Gasteiger partial charge in [-0.15, -0.1) is 0 Å². The number of aryl methyl sites for hydroxylation is 1. The van der Waals surface area contributed by atoms with Gasteiger partial charge in [0.05, 0.1) is 0 Å². The molecule has 0 radical (unpaired) electrons. The number of rotatable bonds is 4. The van der Waals surface area contributed by atoms with E-state index >= 15 is 0 Å². The van der Waals surface area contributed by atoms with Crippen LogP contribution in [0.15, 0.2) is 17.4 Å². The number of nitrogens with two attached hydrogens (primary N) is 1. The average Bonchev–Trinajstić information content (AvgIpc) is 2.43. The summed E-state index contributed by atoms with van der Waals surface area (Å²) in [6.07, 6.45) is 10.5. The van der Waals surface area contributed by atoms with Gasteiger partial charge in [0, 0.05) is 23.7 Å². The van der Waals surface area contributed by atoms with Gasteiger partial charge in [0.2, 0.25) is 0 Å². The van der Waals surface area contributed by atoms with Crippen LogP contribution < -0.4 is 5.73 Å². The van der Waals surface area contributed by atoms with E-state index in [0.29, 0.717) is 11.5 Å². The first-order valence-electron chi connectivity index (χ1n) is 8.31. The van der Waals surface area contributed by atoms with Crippen LogP contribution in [0, 0.1) is 30.1 Å². The van der Waals surface area contributed by atoms with Gasteiger partial charge in [0.1, 0.15) is 0 Å². The lowest BCUT2D eigenvalue weighted by atomic mass is 9.48. The molecule has 1 heterocycles. The fourth-order valence-corrected chi connectivity index (χ4v) is 6.49. The van der Waals surface area contributed by atoms with Crippen LogP contribution in [0.4, 0.5) is 0 Å². The number of nitrogens with zero attached hydrogens (tertiary/aromatic N) is 2. The summed E-state index contributed by atoms with van der Waals surface area (Å²) in [7, 11) is 0. The monoisotopic (exact) mass is 303 g/mol. The van der Waals surface area contributed by atoms with Crippen molar-refractivity contribution < 1.29 is 0 Å². The highest BCUT2D eigenvalue weighted by atomic mass is 32.2. The topological polar surface area (TPSA) is 51.8 Å². The molecule has 3 nitrogen and oxygen atoms in total. The van der Waals surface area contributed by atoms with Crippen molar-refractivity contribution in [2.75, 3.05) is 5.75 Å². The Bertz CT molecular complexity index is 495. The molecular weight excluding hydrogens is 278 g/mol. The van der Waals surface area contributed by atoms with Gasteiger partial charge in [-0.05, 0) is 74.7 Å². The van der Waals surface area contributed by atoms with Crippen LogP contribution in [0.5, 0.6) is 0 Å². The molecule has 0 spiro atoms. The van der Waals surface area contributed by atoms with E-state index in [-0.39, 0.29) is 0 Å². The molecule has 2 N–H and O–H groups in total. The molecule has 1 unspecified atom stereocenters. The van der Waals surface area contributed by atoms with Crippen molar-refractivity contribution >= 4 is 11.8 Å². The second kappa shape index (κ2) is 5.24. The summed E-state index contributed by atoms with van der Waals surface area (Å²) in [5, 5.41) is 0.884. The minimum absolute atomic E-state index is 0.306. The van der Waals surface area contributed by atoms with E-state index in [4.69, 9.17) is 5.73 Å². The normalized spacial score (nSPS) is 38.7. The predicted octanol–water partition coefficient (Wildman–Crippen LogP) is 3.42. The summed E-state index contributed by atoms with van der Waals surface area (Å²) in [5.74, 6) is 3.89. The molecule has 5 rings (SSSR count). The molecule has 4 fully saturated rings. The first kappa shape index (κ1) is 14.0. The van der Waals surface area contributed by atoms with Gasteiger partial charge in [-0.3, -0.25) is 0 Å². The molecule has 4 bridgehead atoms. The fourth-order valence-electron chi connectivity index (χ4n) is 5.47. The Labute approximate surface area is 131 Å². The molecule has 0 aromatic carbocycles. The summed E-state index contributed by atoms with van der Waals surface area (Å²) in [6, 6.07) is 2.25. The van der Waals surface area contributed by atoms with Crippen LogP contribution >= 0.6 is 11.8 Å². The van der Waals surface area contributed by atoms with E-state index in [1.54, 1.807) is 11.8 Å². The zero-order valence-corrected chi connectivity index (χ0v) is 13.6. The van der Waals surface area contributed by atoms with Crippen molar-refractivity contribution in [1.82, 2.24) is 9.97 Å². The van der Waals surface area contributed by atoms with E-state index in [0.717, 1.165) is 34.4 Å². The Morgan fingerprint density at radius 2 is 1.86 bits per heavy atom. The zero-order valence-electron chi connectivity index (χ0n) is 12.8. The van der Waals surface area contributed by atoms with E-state index < -0.39 is 0 Å². The lowest BCUT2D eigenvalue weighted by Gasteiger charge is -2.59. The molecule has 0 saturated heterocycles. The van der Waals surface area contributed by atoms with Gasteiger partial charge in [-0.1, -0.05) is 11.8 Å². The van der Waals surface area contributed by atoms with E-state index in [9.17, 15) is 0 Å². The number of hydrogen-bond acceptors (Lipinski definition) is 4. The minimum Gasteiger partial charge on any atom is -0.326 e. The third kappa shape index (κ3) is 2.61. The molecule has 4 saturated carbocycles. The molecule has 1 aromatic rings. The van der Waals surface area contributed by atoms with Crippen LogP contribution in [0.3, 0.4) is 0 Å². The summed E-state index contributed by atoms with van der Waals surface area (Å²) >= 11 is 1.74. The Morgan fingerprint density at radius 3 is 2.43 bits per heavy atom. The van der Waals surface area contributed by atoms with E-state index in [1.165, 1.54) is 38.5 Å². The quantitative estimate of drug-likeness (QED) is 0.684. The minimum atomic E-state index is 0.306.